The third-order valence-electron chi connectivity index (χ3n) is 3.20. The number of aromatic nitrogens is 2. The van der Waals surface area contributed by atoms with E-state index >= 15 is 0 Å². The van der Waals surface area contributed by atoms with Crippen molar-refractivity contribution in [3.05, 3.63) is 71.0 Å². The minimum Gasteiger partial charge on any atom is -0.335 e. The maximum Gasteiger partial charge on any atom is 0.244 e. The standard InChI is InChI=1S/C16H12FN3O2/c17-13-5-1-4-12-14(21)6-8-20(16(12)13)10-15(22)19-11-3-2-7-18-9-11/h1-9H,10H2,(H,19,22). The number of rotatable bonds is 3. The van der Waals surface area contributed by atoms with Crippen LogP contribution in [0.25, 0.3) is 10.9 Å². The number of carbonyl (C=O) groups is 1. The first-order chi connectivity index (χ1) is 10.6. The summed E-state index contributed by atoms with van der Waals surface area (Å²) in [5.41, 5.74) is 0.396. The zero-order valence-corrected chi connectivity index (χ0v) is 11.5. The zero-order valence-electron chi connectivity index (χ0n) is 11.5. The fraction of sp³-hybridized carbons (Fsp3) is 0.0625. The molecule has 2 aromatic heterocycles. The van der Waals surface area contributed by atoms with Crippen LogP contribution < -0.4 is 10.7 Å². The molecule has 0 aliphatic heterocycles. The van der Waals surface area contributed by atoms with Crippen LogP contribution in [0, 0.1) is 5.82 Å². The van der Waals surface area contributed by atoms with Gasteiger partial charge in [-0.2, -0.15) is 0 Å². The molecule has 0 atom stereocenters. The van der Waals surface area contributed by atoms with Crippen LogP contribution in [0.2, 0.25) is 0 Å². The van der Waals surface area contributed by atoms with Gasteiger partial charge in [0.1, 0.15) is 12.4 Å². The van der Waals surface area contributed by atoms with Crippen molar-refractivity contribution in [1.29, 1.82) is 0 Å². The zero-order chi connectivity index (χ0) is 15.5. The molecule has 22 heavy (non-hydrogen) atoms. The van der Waals surface area contributed by atoms with Crippen molar-refractivity contribution in [2.24, 2.45) is 0 Å². The number of para-hydroxylation sites is 1. The Morgan fingerprint density at radius 2 is 2.09 bits per heavy atom. The van der Waals surface area contributed by atoms with Crippen LogP contribution in [0.3, 0.4) is 0 Å². The Morgan fingerprint density at radius 1 is 1.23 bits per heavy atom. The van der Waals surface area contributed by atoms with Gasteiger partial charge < -0.3 is 9.88 Å². The molecule has 2 heterocycles. The van der Waals surface area contributed by atoms with Gasteiger partial charge >= 0.3 is 0 Å². The molecule has 3 rings (SSSR count). The summed E-state index contributed by atoms with van der Waals surface area (Å²) in [4.78, 5) is 27.7. The number of anilines is 1. The largest absolute Gasteiger partial charge is 0.335 e. The van der Waals surface area contributed by atoms with Crippen LogP contribution in [-0.4, -0.2) is 15.5 Å². The summed E-state index contributed by atoms with van der Waals surface area (Å²) in [5.74, 6) is -0.870. The molecular formula is C16H12FN3O2. The summed E-state index contributed by atoms with van der Waals surface area (Å²) in [6.07, 6.45) is 4.53. The van der Waals surface area contributed by atoms with Crippen molar-refractivity contribution < 1.29 is 9.18 Å². The smallest absolute Gasteiger partial charge is 0.244 e. The highest BCUT2D eigenvalue weighted by molar-refractivity contribution is 5.91. The molecule has 0 spiro atoms. The maximum atomic E-state index is 14.0. The van der Waals surface area contributed by atoms with Crippen LogP contribution in [-0.2, 0) is 11.3 Å². The third-order valence-corrected chi connectivity index (χ3v) is 3.20. The average molecular weight is 297 g/mol. The number of halogens is 1. The Morgan fingerprint density at radius 3 is 2.86 bits per heavy atom. The number of nitrogens with one attached hydrogen (secondary N) is 1. The van der Waals surface area contributed by atoms with E-state index in [0.29, 0.717) is 5.69 Å². The molecule has 5 nitrogen and oxygen atoms in total. The Bertz CT molecular complexity index is 891. The fourth-order valence-electron chi connectivity index (χ4n) is 2.25. The highest BCUT2D eigenvalue weighted by atomic mass is 19.1. The molecule has 3 aromatic rings. The number of amides is 1. The van der Waals surface area contributed by atoms with Crippen molar-refractivity contribution in [3.63, 3.8) is 0 Å². The van der Waals surface area contributed by atoms with Gasteiger partial charge in [0.05, 0.1) is 17.4 Å². The molecule has 0 saturated carbocycles. The number of fused-ring (bicyclic) bond motifs is 1. The number of carbonyl (C=O) groups excluding carboxylic acids is 1. The molecule has 0 bridgehead atoms. The summed E-state index contributed by atoms with van der Waals surface area (Å²) in [6.45, 7) is -0.105. The van der Waals surface area contributed by atoms with Crippen molar-refractivity contribution in [2.45, 2.75) is 6.54 Å². The van der Waals surface area contributed by atoms with E-state index in [1.165, 1.54) is 41.2 Å². The van der Waals surface area contributed by atoms with Gasteiger partial charge in [0.25, 0.3) is 0 Å². The van der Waals surface area contributed by atoms with Crippen molar-refractivity contribution in [3.8, 4) is 0 Å². The Kier molecular flexibility index (Phi) is 3.65. The molecule has 110 valence electrons. The topological polar surface area (TPSA) is 64.0 Å². The summed E-state index contributed by atoms with van der Waals surface area (Å²) >= 11 is 0. The minimum atomic E-state index is -0.538. The van der Waals surface area contributed by atoms with E-state index in [1.807, 2.05) is 0 Å². The van der Waals surface area contributed by atoms with Crippen LogP contribution in [0.4, 0.5) is 10.1 Å². The normalized spacial score (nSPS) is 10.6. The molecule has 6 heteroatoms. The molecule has 1 aromatic carbocycles. The summed E-state index contributed by atoms with van der Waals surface area (Å²) < 4.78 is 15.4. The minimum absolute atomic E-state index is 0.105. The lowest BCUT2D eigenvalue weighted by Gasteiger charge is -2.11. The molecule has 1 N–H and O–H groups in total. The highest BCUT2D eigenvalue weighted by Crippen LogP contribution is 2.14. The van der Waals surface area contributed by atoms with Crippen LogP contribution in [0.5, 0.6) is 0 Å². The fourth-order valence-corrected chi connectivity index (χ4v) is 2.25. The predicted octanol–water partition coefficient (Wildman–Crippen LogP) is 2.17. The number of nitrogens with zero attached hydrogens (tertiary/aromatic N) is 2. The Balaban J connectivity index is 1.93. The van der Waals surface area contributed by atoms with Crippen molar-refractivity contribution >= 4 is 22.5 Å². The second kappa shape index (κ2) is 5.77. The summed E-state index contributed by atoms with van der Waals surface area (Å²) in [6, 6.07) is 8.99. The lowest BCUT2D eigenvalue weighted by Crippen LogP contribution is -2.20. The quantitative estimate of drug-likeness (QED) is 0.806. The SMILES string of the molecule is O=C(Cn1ccc(=O)c2cccc(F)c21)Nc1cccnc1. The molecule has 0 unspecified atom stereocenters. The van der Waals surface area contributed by atoms with Gasteiger partial charge in [0.2, 0.25) is 5.91 Å². The Hall–Kier alpha value is -3.02. The number of hydrogen-bond acceptors (Lipinski definition) is 3. The van der Waals surface area contributed by atoms with E-state index in [2.05, 4.69) is 10.3 Å². The van der Waals surface area contributed by atoms with Gasteiger partial charge in [0, 0.05) is 23.8 Å². The number of pyridine rings is 2. The van der Waals surface area contributed by atoms with Gasteiger partial charge in [-0.3, -0.25) is 14.6 Å². The molecule has 0 aliphatic rings. The molecule has 1 amide bonds. The van der Waals surface area contributed by atoms with Crippen molar-refractivity contribution in [2.75, 3.05) is 5.32 Å². The van der Waals surface area contributed by atoms with Gasteiger partial charge in [-0.15, -0.1) is 0 Å². The van der Waals surface area contributed by atoms with Crippen LogP contribution >= 0.6 is 0 Å². The monoisotopic (exact) mass is 297 g/mol. The predicted molar refractivity (Wildman–Crippen MR) is 81.0 cm³/mol. The van der Waals surface area contributed by atoms with Crippen LogP contribution in [0.15, 0.2) is 59.8 Å². The summed E-state index contributed by atoms with van der Waals surface area (Å²) in [5, 5.41) is 2.91. The van der Waals surface area contributed by atoms with E-state index in [9.17, 15) is 14.0 Å². The van der Waals surface area contributed by atoms with Gasteiger partial charge in [-0.05, 0) is 24.3 Å². The Labute approximate surface area is 125 Å². The van der Waals surface area contributed by atoms with Crippen molar-refractivity contribution in [1.82, 2.24) is 9.55 Å². The molecule has 0 aliphatic carbocycles. The second-order valence-electron chi connectivity index (χ2n) is 4.73. The lowest BCUT2D eigenvalue weighted by molar-refractivity contribution is -0.116. The first-order valence-corrected chi connectivity index (χ1v) is 6.63. The third kappa shape index (κ3) is 2.71. The maximum absolute atomic E-state index is 14.0. The lowest BCUT2D eigenvalue weighted by atomic mass is 10.2. The first kappa shape index (κ1) is 13.9. The first-order valence-electron chi connectivity index (χ1n) is 6.63. The van der Waals surface area contributed by atoms with E-state index < -0.39 is 5.82 Å². The highest BCUT2D eigenvalue weighted by Gasteiger charge is 2.10. The van der Waals surface area contributed by atoms with Gasteiger partial charge in [0.15, 0.2) is 5.43 Å². The van der Waals surface area contributed by atoms with E-state index in [4.69, 9.17) is 0 Å². The molecule has 0 radical (unpaired) electrons. The summed E-state index contributed by atoms with van der Waals surface area (Å²) in [7, 11) is 0. The van der Waals surface area contributed by atoms with E-state index in [-0.39, 0.29) is 28.8 Å². The van der Waals surface area contributed by atoms with Crippen LogP contribution in [0.1, 0.15) is 0 Å². The average Bonchev–Trinajstić information content (AvgIpc) is 2.51. The van der Waals surface area contributed by atoms with E-state index in [0.717, 1.165) is 0 Å². The second-order valence-corrected chi connectivity index (χ2v) is 4.73. The molecular weight excluding hydrogens is 285 g/mol. The van der Waals surface area contributed by atoms with Gasteiger partial charge in [-0.1, -0.05) is 6.07 Å². The van der Waals surface area contributed by atoms with E-state index in [1.54, 1.807) is 18.3 Å². The molecule has 0 fully saturated rings. The number of hydrogen-bond donors (Lipinski definition) is 1. The molecule has 0 saturated heterocycles. The van der Waals surface area contributed by atoms with Gasteiger partial charge in [-0.25, -0.2) is 4.39 Å². The number of benzene rings is 1.